The molecule has 118 valence electrons. The lowest BCUT2D eigenvalue weighted by Gasteiger charge is -2.10. The van der Waals surface area contributed by atoms with E-state index in [9.17, 15) is 4.21 Å². The second-order valence-corrected chi connectivity index (χ2v) is 6.59. The van der Waals surface area contributed by atoms with Gasteiger partial charge in [0.15, 0.2) is 0 Å². The van der Waals surface area contributed by atoms with Crippen molar-refractivity contribution in [1.29, 1.82) is 0 Å². The van der Waals surface area contributed by atoms with E-state index in [1.54, 1.807) is 17.3 Å². The Morgan fingerprint density at radius 3 is 2.57 bits per heavy atom. The molecule has 3 aromatic rings. The molecular formula is C16H17N5OS. The zero-order chi connectivity index (χ0) is 16.2. The Labute approximate surface area is 137 Å². The highest BCUT2D eigenvalue weighted by molar-refractivity contribution is 7.84. The second-order valence-electron chi connectivity index (χ2n) is 5.21. The summed E-state index contributed by atoms with van der Waals surface area (Å²) >= 11 is 0. The van der Waals surface area contributed by atoms with Gasteiger partial charge in [-0.2, -0.15) is 0 Å². The first-order valence-electron chi connectivity index (χ1n) is 7.14. The molecule has 1 N–H and O–H groups in total. The largest absolute Gasteiger partial charge is 0.381 e. The molecule has 0 amide bonds. The molecule has 0 bridgehead atoms. The van der Waals surface area contributed by atoms with Crippen molar-refractivity contribution in [3.63, 3.8) is 0 Å². The average molecular weight is 327 g/mol. The smallest absolute Gasteiger partial charge is 0.143 e. The predicted octanol–water partition coefficient (Wildman–Crippen LogP) is 2.32. The van der Waals surface area contributed by atoms with Gasteiger partial charge in [0.1, 0.15) is 6.33 Å². The summed E-state index contributed by atoms with van der Waals surface area (Å²) in [4.78, 5) is 0.843. The summed E-state index contributed by atoms with van der Waals surface area (Å²) in [6.45, 7) is 2.73. The number of hydrogen-bond donors (Lipinski definition) is 1. The van der Waals surface area contributed by atoms with Crippen LogP contribution in [0.5, 0.6) is 0 Å². The molecule has 0 radical (unpaired) electrons. The topological polar surface area (TPSA) is 72.7 Å². The van der Waals surface area contributed by atoms with Crippen molar-refractivity contribution >= 4 is 16.5 Å². The summed E-state index contributed by atoms with van der Waals surface area (Å²) in [6, 6.07) is 13.8. The van der Waals surface area contributed by atoms with E-state index in [4.69, 9.17) is 0 Å². The number of aromatic nitrogens is 4. The van der Waals surface area contributed by atoms with Gasteiger partial charge >= 0.3 is 0 Å². The van der Waals surface area contributed by atoms with Crippen LogP contribution >= 0.6 is 0 Å². The maximum atomic E-state index is 11.4. The van der Waals surface area contributed by atoms with Crippen molar-refractivity contribution in [3.8, 4) is 5.69 Å². The third-order valence-corrected chi connectivity index (χ3v) is 4.48. The molecule has 0 aliphatic carbocycles. The van der Waals surface area contributed by atoms with E-state index in [1.807, 2.05) is 43.3 Å². The summed E-state index contributed by atoms with van der Waals surface area (Å²) < 4.78 is 13.0. The molecule has 2 aromatic carbocycles. The molecule has 0 saturated heterocycles. The summed E-state index contributed by atoms with van der Waals surface area (Å²) in [7, 11) is -0.937. The quantitative estimate of drug-likeness (QED) is 0.778. The lowest BCUT2D eigenvalue weighted by atomic mass is 10.1. The van der Waals surface area contributed by atoms with Crippen LogP contribution in [0.15, 0.2) is 53.7 Å². The van der Waals surface area contributed by atoms with E-state index in [-0.39, 0.29) is 0 Å². The van der Waals surface area contributed by atoms with Crippen LogP contribution in [0, 0.1) is 6.92 Å². The van der Waals surface area contributed by atoms with Crippen LogP contribution in [-0.2, 0) is 17.3 Å². The molecule has 6 nitrogen and oxygen atoms in total. The van der Waals surface area contributed by atoms with Gasteiger partial charge < -0.3 is 5.32 Å². The van der Waals surface area contributed by atoms with Crippen LogP contribution in [0.1, 0.15) is 11.1 Å². The van der Waals surface area contributed by atoms with Gasteiger partial charge in [0.05, 0.1) is 5.69 Å². The molecule has 1 heterocycles. The number of aryl methyl sites for hydroxylation is 1. The van der Waals surface area contributed by atoms with E-state index < -0.39 is 10.8 Å². The van der Waals surface area contributed by atoms with Crippen molar-refractivity contribution in [1.82, 2.24) is 20.2 Å². The van der Waals surface area contributed by atoms with Crippen LogP contribution in [0.2, 0.25) is 0 Å². The minimum atomic E-state index is -0.937. The van der Waals surface area contributed by atoms with Crippen molar-refractivity contribution in [2.24, 2.45) is 0 Å². The highest BCUT2D eigenvalue weighted by atomic mass is 32.2. The molecule has 1 aromatic heterocycles. The van der Waals surface area contributed by atoms with Crippen molar-refractivity contribution in [2.75, 3.05) is 11.6 Å². The van der Waals surface area contributed by atoms with Crippen molar-refractivity contribution in [2.45, 2.75) is 18.4 Å². The van der Waals surface area contributed by atoms with E-state index in [0.717, 1.165) is 27.4 Å². The van der Waals surface area contributed by atoms with Crippen LogP contribution in [0.3, 0.4) is 0 Å². The molecular weight excluding hydrogens is 310 g/mol. The van der Waals surface area contributed by atoms with Crippen LogP contribution in [0.25, 0.3) is 5.69 Å². The number of nitrogens with one attached hydrogen (secondary N) is 1. The van der Waals surface area contributed by atoms with Crippen molar-refractivity contribution < 1.29 is 4.21 Å². The van der Waals surface area contributed by atoms with Gasteiger partial charge in [0.25, 0.3) is 0 Å². The molecule has 0 spiro atoms. The Kier molecular flexibility index (Phi) is 4.47. The number of tetrazole rings is 1. The normalized spacial score (nSPS) is 12.1. The van der Waals surface area contributed by atoms with Gasteiger partial charge in [0.2, 0.25) is 0 Å². The Morgan fingerprint density at radius 2 is 1.96 bits per heavy atom. The van der Waals surface area contributed by atoms with E-state index in [2.05, 4.69) is 26.9 Å². The number of anilines is 1. The monoisotopic (exact) mass is 327 g/mol. The highest BCUT2D eigenvalue weighted by Gasteiger charge is 2.04. The average Bonchev–Trinajstić information content (AvgIpc) is 3.07. The van der Waals surface area contributed by atoms with Gasteiger partial charge in [-0.15, -0.1) is 5.10 Å². The number of rotatable bonds is 5. The molecule has 0 aliphatic heterocycles. The Balaban J connectivity index is 1.69. The molecule has 23 heavy (non-hydrogen) atoms. The molecule has 0 aliphatic rings. The van der Waals surface area contributed by atoms with Crippen molar-refractivity contribution in [3.05, 3.63) is 59.9 Å². The number of benzene rings is 2. The first-order valence-corrected chi connectivity index (χ1v) is 8.69. The maximum absolute atomic E-state index is 11.4. The zero-order valence-corrected chi connectivity index (χ0v) is 13.7. The molecule has 7 heteroatoms. The molecule has 0 saturated carbocycles. The first kappa shape index (κ1) is 15.4. The van der Waals surface area contributed by atoms with Crippen LogP contribution < -0.4 is 5.32 Å². The molecule has 3 rings (SSSR count). The molecule has 0 fully saturated rings. The summed E-state index contributed by atoms with van der Waals surface area (Å²) in [5.74, 6) is 0. The minimum Gasteiger partial charge on any atom is -0.381 e. The number of nitrogens with zero attached hydrogens (tertiary/aromatic N) is 4. The Bertz CT molecular complexity index is 815. The highest BCUT2D eigenvalue weighted by Crippen LogP contribution is 2.18. The third-order valence-electron chi connectivity index (χ3n) is 3.54. The lowest BCUT2D eigenvalue weighted by Crippen LogP contribution is -2.02. The van der Waals surface area contributed by atoms with E-state index in [0.29, 0.717) is 6.54 Å². The standard InChI is InChI=1S/C16H17N5OS/c1-12-9-14(5-8-16(12)21-11-18-19-20-21)17-10-13-3-6-15(7-4-13)23(2)22/h3-9,11,17H,10H2,1-2H3. The molecule has 1 atom stereocenters. The maximum Gasteiger partial charge on any atom is 0.143 e. The van der Waals surface area contributed by atoms with Gasteiger partial charge in [0, 0.05) is 34.2 Å². The third kappa shape index (κ3) is 3.62. The predicted molar refractivity (Wildman–Crippen MR) is 90.0 cm³/mol. The van der Waals surface area contributed by atoms with E-state index in [1.165, 1.54) is 0 Å². The SMILES string of the molecule is Cc1cc(NCc2ccc(S(C)=O)cc2)ccc1-n1cnnn1. The fourth-order valence-electron chi connectivity index (χ4n) is 2.30. The van der Waals surface area contributed by atoms with Gasteiger partial charge in [-0.05, 0) is 58.8 Å². The fourth-order valence-corrected chi connectivity index (χ4v) is 2.82. The van der Waals surface area contributed by atoms with Gasteiger partial charge in [-0.3, -0.25) is 4.21 Å². The first-order chi connectivity index (χ1) is 11.1. The molecule has 1 unspecified atom stereocenters. The van der Waals surface area contributed by atoms with Crippen LogP contribution in [-0.4, -0.2) is 30.7 Å². The Morgan fingerprint density at radius 1 is 1.17 bits per heavy atom. The summed E-state index contributed by atoms with van der Waals surface area (Å²) in [6.07, 6.45) is 3.26. The minimum absolute atomic E-state index is 0.709. The second kappa shape index (κ2) is 6.70. The lowest BCUT2D eigenvalue weighted by molar-refractivity contribution is 0.687. The summed E-state index contributed by atoms with van der Waals surface area (Å²) in [5, 5.41) is 14.6. The Hall–Kier alpha value is -2.54. The van der Waals surface area contributed by atoms with Gasteiger partial charge in [-0.25, -0.2) is 4.68 Å². The zero-order valence-electron chi connectivity index (χ0n) is 12.9. The fraction of sp³-hybridized carbons (Fsp3) is 0.188. The van der Waals surface area contributed by atoms with Gasteiger partial charge in [-0.1, -0.05) is 12.1 Å². The van der Waals surface area contributed by atoms with Crippen LogP contribution in [0.4, 0.5) is 5.69 Å². The number of hydrogen-bond acceptors (Lipinski definition) is 5. The van der Waals surface area contributed by atoms with E-state index >= 15 is 0 Å². The summed E-state index contributed by atoms with van der Waals surface area (Å²) in [5.41, 5.74) is 4.21.